The highest BCUT2D eigenvalue weighted by Crippen LogP contribution is 2.39. The number of nitrogens with zero attached hydrogens (tertiary/aromatic N) is 3. The largest absolute Gasteiger partial charge is 0.376 e. The fourth-order valence-corrected chi connectivity index (χ4v) is 6.28. The monoisotopic (exact) mass is 463 g/mol. The van der Waals surface area contributed by atoms with Crippen LogP contribution < -0.4 is 0 Å². The number of aliphatic imine (C=N–C) groups is 1. The summed E-state index contributed by atoms with van der Waals surface area (Å²) >= 11 is 1.52. The number of ether oxygens (including phenoxy) is 1. The zero-order valence-corrected chi connectivity index (χ0v) is 20.4. The highest BCUT2D eigenvalue weighted by molar-refractivity contribution is 8.18. The molecule has 3 aliphatic rings. The number of amides is 1. The van der Waals surface area contributed by atoms with Crippen LogP contribution in [0.25, 0.3) is 6.08 Å². The molecule has 1 atom stereocenters. The van der Waals surface area contributed by atoms with Crippen molar-refractivity contribution in [3.05, 3.63) is 58.3 Å². The summed E-state index contributed by atoms with van der Waals surface area (Å²) in [5.41, 5.74) is 4.42. The van der Waals surface area contributed by atoms with Crippen molar-refractivity contribution in [2.75, 3.05) is 6.61 Å². The number of thioether (sulfide) groups is 1. The van der Waals surface area contributed by atoms with Crippen LogP contribution in [-0.2, 0) is 16.1 Å². The van der Waals surface area contributed by atoms with E-state index in [1.165, 1.54) is 42.4 Å². The van der Waals surface area contributed by atoms with Crippen molar-refractivity contribution < 1.29 is 9.53 Å². The number of hydrogen-bond acceptors (Lipinski definition) is 4. The Kier molecular flexibility index (Phi) is 6.74. The quantitative estimate of drug-likeness (QED) is 0.495. The Hall–Kier alpha value is -2.31. The van der Waals surface area contributed by atoms with Crippen LogP contribution in [0.5, 0.6) is 0 Å². The maximum atomic E-state index is 13.6. The number of aryl methyl sites for hydroxylation is 1. The molecule has 0 unspecified atom stereocenters. The van der Waals surface area contributed by atoms with Crippen LogP contribution in [0.3, 0.4) is 0 Å². The predicted octanol–water partition coefficient (Wildman–Crippen LogP) is 6.22. The molecule has 1 saturated carbocycles. The first-order valence-corrected chi connectivity index (χ1v) is 13.1. The Morgan fingerprint density at radius 1 is 1.09 bits per heavy atom. The number of aromatic nitrogens is 1. The van der Waals surface area contributed by atoms with Crippen LogP contribution in [0.2, 0.25) is 0 Å². The minimum atomic E-state index is 0.102. The average molecular weight is 464 g/mol. The third-order valence-corrected chi connectivity index (χ3v) is 8.05. The van der Waals surface area contributed by atoms with E-state index in [1.807, 2.05) is 35.2 Å². The smallest absolute Gasteiger partial charge is 0.267 e. The van der Waals surface area contributed by atoms with Gasteiger partial charge in [0, 0.05) is 30.6 Å². The highest BCUT2D eigenvalue weighted by atomic mass is 32.2. The van der Waals surface area contributed by atoms with Gasteiger partial charge in [-0.1, -0.05) is 37.5 Å². The number of hydrogen-bond donors (Lipinski definition) is 0. The maximum Gasteiger partial charge on any atom is 0.267 e. The van der Waals surface area contributed by atoms with Crippen molar-refractivity contribution in [1.82, 2.24) is 9.47 Å². The Morgan fingerprint density at radius 2 is 1.88 bits per heavy atom. The molecule has 0 bridgehead atoms. The normalized spacial score (nSPS) is 24.5. The highest BCUT2D eigenvalue weighted by Gasteiger charge is 2.38. The van der Waals surface area contributed by atoms with Gasteiger partial charge < -0.3 is 9.30 Å². The second-order valence-corrected chi connectivity index (χ2v) is 10.4. The molecule has 1 aromatic heterocycles. The lowest BCUT2D eigenvalue weighted by Crippen LogP contribution is -2.40. The number of carbonyl (C=O) groups is 1. The maximum absolute atomic E-state index is 13.6. The third-order valence-electron chi connectivity index (χ3n) is 7.07. The molecular formula is C27H33N3O2S. The summed E-state index contributed by atoms with van der Waals surface area (Å²) in [6, 6.07) is 12.4. The molecule has 33 heavy (non-hydrogen) atoms. The Morgan fingerprint density at radius 3 is 2.61 bits per heavy atom. The van der Waals surface area contributed by atoms with Gasteiger partial charge in [0.1, 0.15) is 0 Å². The van der Waals surface area contributed by atoms with Gasteiger partial charge in [-0.05, 0) is 81.1 Å². The van der Waals surface area contributed by atoms with Crippen molar-refractivity contribution in [2.45, 2.75) is 77.5 Å². The molecule has 0 spiro atoms. The van der Waals surface area contributed by atoms with Gasteiger partial charge >= 0.3 is 0 Å². The number of carbonyl (C=O) groups excluding carboxylic acids is 1. The lowest BCUT2D eigenvalue weighted by Gasteiger charge is -2.30. The van der Waals surface area contributed by atoms with Gasteiger partial charge in [-0.2, -0.15) is 0 Å². The zero-order chi connectivity index (χ0) is 22.8. The van der Waals surface area contributed by atoms with E-state index in [0.29, 0.717) is 6.10 Å². The first kappa shape index (κ1) is 22.5. The minimum absolute atomic E-state index is 0.102. The van der Waals surface area contributed by atoms with Gasteiger partial charge in [-0.15, -0.1) is 0 Å². The van der Waals surface area contributed by atoms with E-state index in [1.54, 1.807) is 0 Å². The molecule has 0 radical (unpaired) electrons. The van der Waals surface area contributed by atoms with E-state index in [4.69, 9.17) is 9.73 Å². The van der Waals surface area contributed by atoms with Crippen molar-refractivity contribution >= 4 is 34.6 Å². The van der Waals surface area contributed by atoms with Crippen LogP contribution in [-0.4, -0.2) is 39.3 Å². The lowest BCUT2D eigenvalue weighted by molar-refractivity contribution is -0.124. The Labute approximate surface area is 200 Å². The van der Waals surface area contributed by atoms with Crippen LogP contribution in [0.15, 0.2) is 46.3 Å². The number of para-hydroxylation sites is 1. The molecule has 5 rings (SSSR count). The van der Waals surface area contributed by atoms with Crippen LogP contribution in [0.4, 0.5) is 5.69 Å². The van der Waals surface area contributed by atoms with Crippen molar-refractivity contribution in [2.24, 2.45) is 4.99 Å². The molecule has 2 aliphatic heterocycles. The van der Waals surface area contributed by atoms with Gasteiger partial charge in [0.15, 0.2) is 5.17 Å². The van der Waals surface area contributed by atoms with Crippen LogP contribution in [0, 0.1) is 13.8 Å². The zero-order valence-electron chi connectivity index (χ0n) is 19.6. The predicted molar refractivity (Wildman–Crippen MR) is 136 cm³/mol. The molecule has 6 heteroatoms. The third kappa shape index (κ3) is 4.82. The molecule has 174 valence electrons. The molecular weight excluding hydrogens is 430 g/mol. The number of rotatable bonds is 5. The van der Waals surface area contributed by atoms with E-state index in [9.17, 15) is 4.79 Å². The van der Waals surface area contributed by atoms with E-state index in [2.05, 4.69) is 30.6 Å². The van der Waals surface area contributed by atoms with E-state index < -0.39 is 0 Å². The van der Waals surface area contributed by atoms with Crippen molar-refractivity contribution in [3.63, 3.8) is 0 Å². The first-order chi connectivity index (χ1) is 16.1. The molecule has 1 aromatic carbocycles. The van der Waals surface area contributed by atoms with E-state index in [0.717, 1.165) is 60.2 Å². The molecule has 1 aliphatic carbocycles. The van der Waals surface area contributed by atoms with Crippen LogP contribution >= 0.6 is 11.8 Å². The minimum Gasteiger partial charge on any atom is -0.376 e. The van der Waals surface area contributed by atoms with Gasteiger partial charge in [-0.3, -0.25) is 9.69 Å². The summed E-state index contributed by atoms with van der Waals surface area (Å²) < 4.78 is 8.20. The molecule has 3 heterocycles. The lowest BCUT2D eigenvalue weighted by atomic mass is 9.94. The Balaban J connectivity index is 1.45. The second kappa shape index (κ2) is 9.90. The SMILES string of the molecule is Cc1cc(/C=C2\SC(=Nc3ccccc3)N(C3CCCCC3)C2=O)c(C)n1C[C@H]1CCCO1. The molecule has 1 amide bonds. The summed E-state index contributed by atoms with van der Waals surface area (Å²) in [5, 5.41) is 0.817. The summed E-state index contributed by atoms with van der Waals surface area (Å²) in [7, 11) is 0. The summed E-state index contributed by atoms with van der Waals surface area (Å²) in [4.78, 5) is 21.3. The van der Waals surface area contributed by atoms with E-state index >= 15 is 0 Å². The fourth-order valence-electron chi connectivity index (χ4n) is 5.23. The molecule has 2 aromatic rings. The average Bonchev–Trinajstić information content (AvgIpc) is 3.52. The summed E-state index contributed by atoms with van der Waals surface area (Å²) in [5.74, 6) is 0.102. The standard InChI is InChI=1S/C27H33N3O2S/c1-19-16-21(20(2)29(19)18-24-14-9-15-32-24)17-25-26(31)30(23-12-7-4-8-13-23)27(33-25)28-22-10-5-3-6-11-22/h3,5-6,10-11,16-17,23-24H,4,7-9,12-15,18H2,1-2H3/b25-17-,28-27?/t24-/m1/s1. The summed E-state index contributed by atoms with van der Waals surface area (Å²) in [6.45, 7) is 6.05. The first-order valence-electron chi connectivity index (χ1n) is 12.3. The number of benzene rings is 1. The Bertz CT molecular complexity index is 1060. The van der Waals surface area contributed by atoms with Gasteiger partial charge in [0.2, 0.25) is 0 Å². The molecule has 5 nitrogen and oxygen atoms in total. The fraction of sp³-hybridized carbons (Fsp3) is 0.481. The molecule has 0 N–H and O–H groups in total. The topological polar surface area (TPSA) is 46.8 Å². The summed E-state index contributed by atoms with van der Waals surface area (Å²) in [6.07, 6.45) is 10.4. The van der Waals surface area contributed by atoms with Gasteiger partial charge in [-0.25, -0.2) is 4.99 Å². The van der Waals surface area contributed by atoms with Gasteiger partial charge in [0.05, 0.1) is 16.7 Å². The van der Waals surface area contributed by atoms with E-state index in [-0.39, 0.29) is 11.9 Å². The molecule has 3 fully saturated rings. The van der Waals surface area contributed by atoms with Gasteiger partial charge in [0.25, 0.3) is 5.91 Å². The van der Waals surface area contributed by atoms with Crippen molar-refractivity contribution in [1.29, 1.82) is 0 Å². The molecule has 2 saturated heterocycles. The number of amidine groups is 1. The van der Waals surface area contributed by atoms with Crippen LogP contribution in [0.1, 0.15) is 61.9 Å². The second-order valence-electron chi connectivity index (χ2n) is 9.38. The van der Waals surface area contributed by atoms with Crippen molar-refractivity contribution in [3.8, 4) is 0 Å².